The van der Waals surface area contributed by atoms with Crippen molar-refractivity contribution in [2.45, 2.75) is 32.5 Å². The van der Waals surface area contributed by atoms with Gasteiger partial charge in [-0.3, -0.25) is 4.79 Å². The summed E-state index contributed by atoms with van der Waals surface area (Å²) < 4.78 is 11.2. The van der Waals surface area contributed by atoms with Crippen LogP contribution >= 0.6 is 11.6 Å². The molecule has 1 amide bonds. The number of ether oxygens (including phenoxy) is 2. The van der Waals surface area contributed by atoms with Gasteiger partial charge in [-0.15, -0.1) is 0 Å². The van der Waals surface area contributed by atoms with Gasteiger partial charge in [0, 0.05) is 17.7 Å². The van der Waals surface area contributed by atoms with E-state index in [1.54, 1.807) is 37.4 Å². The van der Waals surface area contributed by atoms with Gasteiger partial charge in [-0.05, 0) is 62.7 Å². The van der Waals surface area contributed by atoms with Crippen LogP contribution in [0.3, 0.4) is 0 Å². The predicted octanol–water partition coefficient (Wildman–Crippen LogP) is 4.42. The molecule has 1 atom stereocenters. The van der Waals surface area contributed by atoms with E-state index in [2.05, 4.69) is 5.32 Å². The predicted molar refractivity (Wildman–Crippen MR) is 100 cm³/mol. The zero-order chi connectivity index (χ0) is 18.4. The largest absolute Gasteiger partial charge is 0.491 e. The second kappa shape index (κ2) is 8.37. The minimum atomic E-state index is -0.665. The maximum absolute atomic E-state index is 12.4. The van der Waals surface area contributed by atoms with Crippen LogP contribution in [0.4, 0.5) is 0 Å². The van der Waals surface area contributed by atoms with Gasteiger partial charge in [0.05, 0.1) is 12.6 Å². The van der Waals surface area contributed by atoms with Crippen molar-refractivity contribution < 1.29 is 14.3 Å². The Morgan fingerprint density at radius 1 is 1.20 bits per heavy atom. The van der Waals surface area contributed by atoms with E-state index in [9.17, 15) is 4.79 Å². The second-order valence-electron chi connectivity index (χ2n) is 6.32. The summed E-state index contributed by atoms with van der Waals surface area (Å²) in [4.78, 5) is 12.4. The Balaban J connectivity index is 2.04. The van der Waals surface area contributed by atoms with Crippen LogP contribution in [0.1, 0.15) is 36.7 Å². The molecule has 25 heavy (non-hydrogen) atoms. The van der Waals surface area contributed by atoms with E-state index in [0.717, 1.165) is 11.3 Å². The molecule has 134 valence electrons. The highest BCUT2D eigenvalue weighted by Crippen LogP contribution is 2.26. The highest BCUT2D eigenvalue weighted by Gasteiger charge is 2.27. The lowest BCUT2D eigenvalue weighted by molar-refractivity contribution is 0.00315. The number of halogens is 1. The number of hydrogen-bond donors (Lipinski definition) is 1. The average molecular weight is 362 g/mol. The number of rotatable bonds is 7. The normalized spacial score (nSPS) is 13.4. The van der Waals surface area contributed by atoms with Crippen molar-refractivity contribution in [1.29, 1.82) is 0 Å². The zero-order valence-electron chi connectivity index (χ0n) is 15.0. The fourth-order valence-electron chi connectivity index (χ4n) is 2.42. The van der Waals surface area contributed by atoms with E-state index in [4.69, 9.17) is 21.1 Å². The van der Waals surface area contributed by atoms with Gasteiger partial charge in [-0.25, -0.2) is 0 Å². The molecule has 2 rings (SSSR count). The lowest BCUT2D eigenvalue weighted by atomic mass is 9.95. The van der Waals surface area contributed by atoms with Gasteiger partial charge in [0.25, 0.3) is 5.91 Å². The Morgan fingerprint density at radius 2 is 1.88 bits per heavy atom. The number of nitrogens with one attached hydrogen (secondary N) is 1. The maximum atomic E-state index is 12.4. The van der Waals surface area contributed by atoms with Crippen LogP contribution in [0, 0.1) is 0 Å². The van der Waals surface area contributed by atoms with Gasteiger partial charge in [0.1, 0.15) is 11.4 Å². The first kappa shape index (κ1) is 19.3. The van der Waals surface area contributed by atoms with Crippen molar-refractivity contribution in [3.05, 3.63) is 64.7 Å². The molecule has 0 radical (unpaired) electrons. The summed E-state index contributed by atoms with van der Waals surface area (Å²) in [6.45, 7) is 6.16. The van der Waals surface area contributed by atoms with Crippen LogP contribution in [0.5, 0.6) is 5.75 Å². The Morgan fingerprint density at radius 3 is 2.44 bits per heavy atom. The van der Waals surface area contributed by atoms with Crippen molar-refractivity contribution >= 4 is 17.5 Å². The summed E-state index contributed by atoms with van der Waals surface area (Å²) in [5.74, 6) is 0.577. The molecule has 2 aromatic rings. The van der Waals surface area contributed by atoms with Crippen molar-refractivity contribution in [2.75, 3.05) is 13.7 Å². The van der Waals surface area contributed by atoms with Gasteiger partial charge < -0.3 is 14.8 Å². The van der Waals surface area contributed by atoms with Gasteiger partial charge in [0.2, 0.25) is 0 Å². The topological polar surface area (TPSA) is 47.6 Å². The number of benzene rings is 2. The molecule has 0 fully saturated rings. The number of methoxy groups -OCH3 is 1. The summed E-state index contributed by atoms with van der Waals surface area (Å²) in [5, 5.41) is 3.55. The Hall–Kier alpha value is -2.04. The van der Waals surface area contributed by atoms with E-state index in [1.807, 2.05) is 39.0 Å². The quantitative estimate of drug-likeness (QED) is 0.794. The summed E-state index contributed by atoms with van der Waals surface area (Å²) in [7, 11) is 1.62. The molecule has 0 spiro atoms. The molecule has 0 heterocycles. The maximum Gasteiger partial charge on any atom is 0.251 e. The smallest absolute Gasteiger partial charge is 0.251 e. The lowest BCUT2D eigenvalue weighted by Crippen LogP contribution is -2.40. The number of amides is 1. The van der Waals surface area contributed by atoms with E-state index in [1.165, 1.54) is 0 Å². The van der Waals surface area contributed by atoms with Crippen LogP contribution in [0.2, 0.25) is 5.02 Å². The SMILES string of the molecule is CO[C@](C)(CNC(=O)c1ccc(OC(C)C)cc1)c1cccc(Cl)c1. The number of carbonyl (C=O) groups excluding carboxylic acids is 1. The molecule has 0 saturated heterocycles. The second-order valence-corrected chi connectivity index (χ2v) is 6.76. The third-order valence-electron chi connectivity index (χ3n) is 3.96. The van der Waals surface area contributed by atoms with Gasteiger partial charge in [-0.2, -0.15) is 0 Å². The molecule has 0 aromatic heterocycles. The molecule has 2 aromatic carbocycles. The van der Waals surface area contributed by atoms with Crippen molar-refractivity contribution in [3.63, 3.8) is 0 Å². The van der Waals surface area contributed by atoms with E-state index in [0.29, 0.717) is 17.1 Å². The van der Waals surface area contributed by atoms with Crippen molar-refractivity contribution in [3.8, 4) is 5.75 Å². The molecule has 4 nitrogen and oxygen atoms in total. The monoisotopic (exact) mass is 361 g/mol. The minimum absolute atomic E-state index is 0.0970. The standard InChI is InChI=1S/C20H24ClNO3/c1-14(2)25-18-10-8-15(9-11-18)19(23)22-13-20(3,24-4)16-6-5-7-17(21)12-16/h5-12,14H,13H2,1-4H3,(H,22,23)/t20-/m1/s1. The van der Waals surface area contributed by atoms with Crippen molar-refractivity contribution in [2.24, 2.45) is 0 Å². The van der Waals surface area contributed by atoms with E-state index < -0.39 is 5.60 Å². The third kappa shape index (κ3) is 5.21. The molecule has 5 heteroatoms. The highest BCUT2D eigenvalue weighted by atomic mass is 35.5. The first-order chi connectivity index (χ1) is 11.8. The van der Waals surface area contributed by atoms with E-state index >= 15 is 0 Å². The fraction of sp³-hybridized carbons (Fsp3) is 0.350. The summed E-state index contributed by atoms with van der Waals surface area (Å²) >= 11 is 6.06. The minimum Gasteiger partial charge on any atom is -0.491 e. The Kier molecular flexibility index (Phi) is 6.45. The highest BCUT2D eigenvalue weighted by molar-refractivity contribution is 6.30. The van der Waals surface area contributed by atoms with Crippen LogP contribution in [0.15, 0.2) is 48.5 Å². The van der Waals surface area contributed by atoms with Crippen molar-refractivity contribution in [1.82, 2.24) is 5.32 Å². The molecule has 0 bridgehead atoms. The fourth-order valence-corrected chi connectivity index (χ4v) is 2.61. The van der Waals surface area contributed by atoms with Gasteiger partial charge in [-0.1, -0.05) is 23.7 Å². The van der Waals surface area contributed by atoms with Crippen LogP contribution < -0.4 is 10.1 Å². The molecule has 0 aliphatic heterocycles. The number of hydrogen-bond acceptors (Lipinski definition) is 3. The van der Waals surface area contributed by atoms with E-state index in [-0.39, 0.29) is 12.0 Å². The van der Waals surface area contributed by atoms with Gasteiger partial charge in [0.15, 0.2) is 0 Å². The molecular formula is C20H24ClNO3. The summed E-state index contributed by atoms with van der Waals surface area (Å²) in [5.41, 5.74) is 0.811. The molecule has 0 saturated carbocycles. The van der Waals surface area contributed by atoms with Crippen LogP contribution in [0.25, 0.3) is 0 Å². The summed E-state index contributed by atoms with van der Waals surface area (Å²) in [6, 6.07) is 14.5. The van der Waals surface area contributed by atoms with Crippen LogP contribution in [-0.2, 0) is 10.3 Å². The first-order valence-corrected chi connectivity index (χ1v) is 8.58. The average Bonchev–Trinajstić information content (AvgIpc) is 2.59. The lowest BCUT2D eigenvalue weighted by Gasteiger charge is -2.29. The van der Waals surface area contributed by atoms with Crippen LogP contribution in [-0.4, -0.2) is 25.7 Å². The molecular weight excluding hydrogens is 338 g/mol. The summed E-state index contributed by atoms with van der Waals surface area (Å²) in [6.07, 6.45) is 0.0970. The number of carbonyl (C=O) groups is 1. The molecule has 0 aliphatic carbocycles. The Bertz CT molecular complexity index is 715. The molecule has 0 unspecified atom stereocenters. The van der Waals surface area contributed by atoms with Gasteiger partial charge >= 0.3 is 0 Å². The first-order valence-electron chi connectivity index (χ1n) is 8.20. The molecule has 1 N–H and O–H groups in total. The zero-order valence-corrected chi connectivity index (χ0v) is 15.8. The third-order valence-corrected chi connectivity index (χ3v) is 4.20. The molecule has 0 aliphatic rings. The Labute approximate surface area is 154 Å².